The quantitative estimate of drug-likeness (QED) is 0.155. The molecule has 0 radical (unpaired) electrons. The minimum absolute atomic E-state index is 0.425. The molecule has 7 nitrogen and oxygen atoms in total. The van der Waals surface area contributed by atoms with Gasteiger partial charge in [-0.15, -0.1) is 0 Å². The number of hydrogen-bond donors (Lipinski definition) is 2. The minimum atomic E-state index is 0.425. The van der Waals surface area contributed by atoms with Crippen molar-refractivity contribution < 1.29 is 9.47 Å². The molecule has 252 valence electrons. The van der Waals surface area contributed by atoms with Crippen LogP contribution in [0, 0.1) is 5.41 Å². The Kier molecular flexibility index (Phi) is 8.19. The van der Waals surface area contributed by atoms with Gasteiger partial charge in [-0.05, 0) is 65.7 Å². The second-order valence-corrected chi connectivity index (χ2v) is 12.6. The maximum absolute atomic E-state index is 9.19. The Bertz CT molecular complexity index is 2550. The number of para-hydroxylation sites is 2. The van der Waals surface area contributed by atoms with E-state index >= 15 is 0 Å². The van der Waals surface area contributed by atoms with E-state index in [1.165, 1.54) is 0 Å². The first-order chi connectivity index (χ1) is 26.1. The van der Waals surface area contributed by atoms with Gasteiger partial charge in [-0.1, -0.05) is 121 Å². The molecule has 0 aliphatic carbocycles. The normalized spacial score (nSPS) is 11.4. The number of benzene rings is 7. The topological polar surface area (TPSA) is 93.0 Å². The van der Waals surface area contributed by atoms with Crippen molar-refractivity contribution in [1.82, 2.24) is 15.0 Å². The summed E-state index contributed by atoms with van der Waals surface area (Å²) in [7, 11) is 0. The van der Waals surface area contributed by atoms with Gasteiger partial charge in [-0.2, -0.15) is 0 Å². The predicted molar refractivity (Wildman–Crippen MR) is 210 cm³/mol. The highest BCUT2D eigenvalue weighted by molar-refractivity contribution is 6.14. The Hall–Kier alpha value is -7.38. The third-order valence-corrected chi connectivity index (χ3v) is 9.02. The van der Waals surface area contributed by atoms with Gasteiger partial charge in [0.25, 0.3) is 0 Å². The standard InChI is InChI=1S/C46H31N5O2/c47-43(37-21-10-11-22-38(37)48-36-19-8-3-9-20-36)34-18-12-17-32(27-34)33-23-25-39-41(28-33)53-42-29-35(24-26-40(42)52-39)46-50-44(30-13-4-1-5-14-30)49-45(51-46)31-15-6-2-7-16-31/h1-29,47-48H. The Morgan fingerprint density at radius 1 is 0.415 bits per heavy atom. The first-order valence-corrected chi connectivity index (χ1v) is 17.3. The third-order valence-electron chi connectivity index (χ3n) is 9.02. The summed E-state index contributed by atoms with van der Waals surface area (Å²) >= 11 is 0. The van der Waals surface area contributed by atoms with E-state index in [0.717, 1.165) is 50.3 Å². The van der Waals surface area contributed by atoms with Crippen LogP contribution in [0.2, 0.25) is 0 Å². The van der Waals surface area contributed by atoms with E-state index in [9.17, 15) is 5.41 Å². The van der Waals surface area contributed by atoms with Crippen molar-refractivity contribution in [2.24, 2.45) is 0 Å². The Labute approximate surface area is 306 Å². The van der Waals surface area contributed by atoms with Crippen LogP contribution in [0.1, 0.15) is 11.1 Å². The van der Waals surface area contributed by atoms with Crippen molar-refractivity contribution >= 4 is 17.1 Å². The summed E-state index contributed by atoms with van der Waals surface area (Å²) in [5, 5.41) is 12.6. The zero-order valence-electron chi connectivity index (χ0n) is 28.4. The number of anilines is 2. The SMILES string of the molecule is N=C(c1cccc(-c2ccc3c(c2)Oc2cc(-c4nc(-c5ccccc5)nc(-c5ccccc5)n4)ccc2O3)c1)c1ccccc1Nc1ccccc1. The minimum Gasteiger partial charge on any atom is -0.450 e. The van der Waals surface area contributed by atoms with Crippen LogP contribution in [-0.4, -0.2) is 20.7 Å². The number of hydrogen-bond acceptors (Lipinski definition) is 7. The number of aromatic nitrogens is 3. The van der Waals surface area contributed by atoms with Crippen LogP contribution in [0.15, 0.2) is 176 Å². The maximum Gasteiger partial charge on any atom is 0.170 e. The van der Waals surface area contributed by atoms with Crippen molar-refractivity contribution in [3.05, 3.63) is 187 Å². The van der Waals surface area contributed by atoms with E-state index in [4.69, 9.17) is 24.4 Å². The Balaban J connectivity index is 1.01. The molecule has 2 N–H and O–H groups in total. The molecule has 1 aliphatic rings. The van der Waals surface area contributed by atoms with Crippen LogP contribution < -0.4 is 14.8 Å². The van der Waals surface area contributed by atoms with E-state index in [-0.39, 0.29) is 0 Å². The highest BCUT2D eigenvalue weighted by atomic mass is 16.6. The first-order valence-electron chi connectivity index (χ1n) is 17.3. The monoisotopic (exact) mass is 685 g/mol. The molecular formula is C46H31N5O2. The number of nitrogens with zero attached hydrogens (tertiary/aromatic N) is 3. The van der Waals surface area contributed by atoms with Gasteiger partial charge in [0, 0.05) is 39.2 Å². The first kappa shape index (κ1) is 31.6. The van der Waals surface area contributed by atoms with Crippen LogP contribution in [0.3, 0.4) is 0 Å². The number of fused-ring (bicyclic) bond motifs is 2. The Morgan fingerprint density at radius 2 is 0.906 bits per heavy atom. The van der Waals surface area contributed by atoms with Crippen LogP contribution in [0.5, 0.6) is 23.0 Å². The van der Waals surface area contributed by atoms with Crippen LogP contribution in [-0.2, 0) is 0 Å². The van der Waals surface area contributed by atoms with Crippen molar-refractivity contribution in [1.29, 1.82) is 5.41 Å². The molecular weight excluding hydrogens is 655 g/mol. The summed E-state index contributed by atoms with van der Waals surface area (Å²) in [6, 6.07) is 57.4. The lowest BCUT2D eigenvalue weighted by atomic mass is 9.96. The molecule has 0 saturated heterocycles. The molecule has 0 atom stereocenters. The largest absolute Gasteiger partial charge is 0.450 e. The molecule has 0 spiro atoms. The molecule has 0 unspecified atom stereocenters. The molecule has 1 aliphatic heterocycles. The van der Waals surface area contributed by atoms with Crippen LogP contribution >= 0.6 is 0 Å². The zero-order chi connectivity index (χ0) is 35.6. The van der Waals surface area contributed by atoms with Crippen LogP contribution in [0.4, 0.5) is 11.4 Å². The van der Waals surface area contributed by atoms with Gasteiger partial charge in [0.05, 0.1) is 5.71 Å². The lowest BCUT2D eigenvalue weighted by molar-refractivity contribution is 0.360. The van der Waals surface area contributed by atoms with E-state index in [1.807, 2.05) is 176 Å². The van der Waals surface area contributed by atoms with Crippen molar-refractivity contribution in [3.8, 4) is 68.3 Å². The molecule has 0 amide bonds. The second-order valence-electron chi connectivity index (χ2n) is 12.6. The molecule has 9 rings (SSSR count). The van der Waals surface area contributed by atoms with Crippen LogP contribution in [0.25, 0.3) is 45.3 Å². The number of rotatable bonds is 8. The lowest BCUT2D eigenvalue weighted by Crippen LogP contribution is -2.05. The van der Waals surface area contributed by atoms with Gasteiger partial charge in [0.2, 0.25) is 0 Å². The van der Waals surface area contributed by atoms with E-state index in [1.54, 1.807) is 0 Å². The predicted octanol–water partition coefficient (Wildman–Crippen LogP) is 11.6. The van der Waals surface area contributed by atoms with E-state index < -0.39 is 0 Å². The summed E-state index contributed by atoms with van der Waals surface area (Å²) in [5.74, 6) is 4.09. The Morgan fingerprint density at radius 3 is 1.57 bits per heavy atom. The molecule has 0 bridgehead atoms. The molecule has 8 aromatic rings. The van der Waals surface area contributed by atoms with E-state index in [2.05, 4.69) is 5.32 Å². The summed E-state index contributed by atoms with van der Waals surface area (Å²) in [5.41, 5.74) is 8.36. The van der Waals surface area contributed by atoms with Gasteiger partial charge in [0.1, 0.15) is 0 Å². The van der Waals surface area contributed by atoms with Gasteiger partial charge in [-0.25, -0.2) is 15.0 Å². The summed E-state index contributed by atoms with van der Waals surface area (Å²) in [6.45, 7) is 0. The number of ether oxygens (including phenoxy) is 2. The van der Waals surface area contributed by atoms with Gasteiger partial charge in [0.15, 0.2) is 40.5 Å². The zero-order valence-corrected chi connectivity index (χ0v) is 28.4. The van der Waals surface area contributed by atoms with E-state index in [0.29, 0.717) is 46.2 Å². The van der Waals surface area contributed by atoms with Crippen molar-refractivity contribution in [2.75, 3.05) is 5.32 Å². The van der Waals surface area contributed by atoms with Crippen molar-refractivity contribution in [2.45, 2.75) is 0 Å². The fourth-order valence-electron chi connectivity index (χ4n) is 6.33. The summed E-state index contributed by atoms with van der Waals surface area (Å²) in [6.07, 6.45) is 0. The average Bonchev–Trinajstić information content (AvgIpc) is 3.23. The van der Waals surface area contributed by atoms with Gasteiger partial charge < -0.3 is 14.8 Å². The molecule has 2 heterocycles. The average molecular weight is 686 g/mol. The fourth-order valence-corrected chi connectivity index (χ4v) is 6.33. The fraction of sp³-hybridized carbons (Fsp3) is 0. The van der Waals surface area contributed by atoms with Crippen molar-refractivity contribution in [3.63, 3.8) is 0 Å². The maximum atomic E-state index is 9.19. The molecule has 0 fully saturated rings. The second kappa shape index (κ2) is 13.7. The van der Waals surface area contributed by atoms with Gasteiger partial charge >= 0.3 is 0 Å². The molecule has 53 heavy (non-hydrogen) atoms. The molecule has 0 saturated carbocycles. The highest BCUT2D eigenvalue weighted by Gasteiger charge is 2.22. The summed E-state index contributed by atoms with van der Waals surface area (Å²) < 4.78 is 12.8. The third kappa shape index (κ3) is 6.51. The molecule has 1 aromatic heterocycles. The lowest BCUT2D eigenvalue weighted by Gasteiger charge is -2.22. The highest BCUT2D eigenvalue weighted by Crippen LogP contribution is 2.47. The molecule has 7 aromatic carbocycles. The smallest absolute Gasteiger partial charge is 0.170 e. The molecule has 7 heteroatoms. The summed E-state index contributed by atoms with van der Waals surface area (Å²) in [4.78, 5) is 14.6. The number of nitrogens with one attached hydrogen (secondary N) is 2. The van der Waals surface area contributed by atoms with Gasteiger partial charge in [-0.3, -0.25) is 5.41 Å².